The Labute approximate surface area is 70.3 Å². The molecule has 2 N–H and O–H groups in total. The summed E-state index contributed by atoms with van der Waals surface area (Å²) >= 11 is 1.59. The van der Waals surface area contributed by atoms with Gasteiger partial charge in [0.05, 0.1) is 5.51 Å². The highest BCUT2D eigenvalue weighted by atomic mass is 35.5. The van der Waals surface area contributed by atoms with Crippen molar-refractivity contribution in [2.45, 2.75) is 6.54 Å². The third-order valence-corrected chi connectivity index (χ3v) is 1.49. The quantitative estimate of drug-likeness (QED) is 0.722. The molecule has 54 valence electrons. The Kier molecular flexibility index (Phi) is 8.32. The first-order valence-electron chi connectivity index (χ1n) is 2.01. The number of thiazole rings is 1. The van der Waals surface area contributed by atoms with Crippen molar-refractivity contribution in [1.29, 1.82) is 0 Å². The zero-order chi connectivity index (χ0) is 5.11. The maximum absolute atomic E-state index is 5.26. The van der Waals surface area contributed by atoms with Crippen molar-refractivity contribution in [1.82, 2.24) is 4.98 Å². The van der Waals surface area contributed by atoms with E-state index in [2.05, 4.69) is 4.98 Å². The highest BCUT2D eigenvalue weighted by Crippen LogP contribution is 2.01. The normalized spacial score (nSPS) is 7.22. The van der Waals surface area contributed by atoms with Gasteiger partial charge in [0.1, 0.15) is 0 Å². The minimum Gasteiger partial charge on any atom is -0.326 e. The first-order chi connectivity index (χ1) is 3.43. The van der Waals surface area contributed by atoms with Gasteiger partial charge in [-0.25, -0.2) is 0 Å². The Balaban J connectivity index is 0. The molecular formula is C4H8Cl2N2S. The molecule has 0 atom stereocenters. The van der Waals surface area contributed by atoms with Crippen LogP contribution < -0.4 is 5.73 Å². The van der Waals surface area contributed by atoms with E-state index < -0.39 is 0 Å². The van der Waals surface area contributed by atoms with E-state index in [-0.39, 0.29) is 24.8 Å². The van der Waals surface area contributed by atoms with E-state index in [0.717, 1.165) is 4.88 Å². The first-order valence-corrected chi connectivity index (χ1v) is 2.89. The fourth-order valence-electron chi connectivity index (χ4n) is 0.343. The van der Waals surface area contributed by atoms with E-state index in [0.29, 0.717) is 6.54 Å². The van der Waals surface area contributed by atoms with Crippen LogP contribution in [0.15, 0.2) is 11.7 Å². The number of hydrogen-bond donors (Lipinski definition) is 1. The fourth-order valence-corrected chi connectivity index (χ4v) is 0.818. The zero-order valence-corrected chi connectivity index (χ0v) is 7.06. The second-order valence-electron chi connectivity index (χ2n) is 1.17. The van der Waals surface area contributed by atoms with E-state index in [1.165, 1.54) is 0 Å². The summed E-state index contributed by atoms with van der Waals surface area (Å²) in [5, 5.41) is 0. The Morgan fingerprint density at radius 2 is 2.22 bits per heavy atom. The lowest BCUT2D eigenvalue weighted by Crippen LogP contribution is -1.91. The molecule has 5 heteroatoms. The number of halogens is 2. The molecule has 2 nitrogen and oxygen atoms in total. The van der Waals surface area contributed by atoms with Crippen molar-refractivity contribution in [3.05, 3.63) is 16.6 Å². The molecule has 0 radical (unpaired) electrons. The Morgan fingerprint density at radius 1 is 1.56 bits per heavy atom. The van der Waals surface area contributed by atoms with Crippen molar-refractivity contribution in [2.24, 2.45) is 5.73 Å². The maximum atomic E-state index is 5.26. The van der Waals surface area contributed by atoms with Gasteiger partial charge in [0.15, 0.2) is 0 Å². The minimum absolute atomic E-state index is 0. The molecule has 0 fully saturated rings. The molecule has 0 aromatic carbocycles. The average molecular weight is 187 g/mol. The van der Waals surface area contributed by atoms with E-state index in [9.17, 15) is 0 Å². The largest absolute Gasteiger partial charge is 0.326 e. The van der Waals surface area contributed by atoms with E-state index >= 15 is 0 Å². The van der Waals surface area contributed by atoms with Gasteiger partial charge < -0.3 is 5.73 Å². The van der Waals surface area contributed by atoms with Crippen LogP contribution in [0.2, 0.25) is 0 Å². The summed E-state index contributed by atoms with van der Waals surface area (Å²) in [5.74, 6) is 0. The monoisotopic (exact) mass is 186 g/mol. The summed E-state index contributed by atoms with van der Waals surface area (Å²) in [4.78, 5) is 4.97. The molecule has 0 saturated carbocycles. The van der Waals surface area contributed by atoms with Crippen LogP contribution >= 0.6 is 36.2 Å². The van der Waals surface area contributed by atoms with Gasteiger partial charge in [-0.15, -0.1) is 36.2 Å². The van der Waals surface area contributed by atoms with Crippen molar-refractivity contribution >= 4 is 36.2 Å². The molecule has 0 amide bonds. The van der Waals surface area contributed by atoms with Crippen LogP contribution in [0.1, 0.15) is 4.88 Å². The molecule has 0 aliphatic heterocycles. The molecule has 1 aromatic heterocycles. The smallest absolute Gasteiger partial charge is 0.0794 e. The molecule has 0 saturated heterocycles. The van der Waals surface area contributed by atoms with Gasteiger partial charge in [0, 0.05) is 17.6 Å². The van der Waals surface area contributed by atoms with Gasteiger partial charge in [-0.2, -0.15) is 0 Å². The van der Waals surface area contributed by atoms with Gasteiger partial charge in [0.25, 0.3) is 0 Å². The molecule has 9 heavy (non-hydrogen) atoms. The van der Waals surface area contributed by atoms with Crippen LogP contribution in [0.25, 0.3) is 0 Å². The van der Waals surface area contributed by atoms with E-state index in [4.69, 9.17) is 5.73 Å². The third kappa shape index (κ3) is 3.70. The number of aromatic nitrogens is 1. The Morgan fingerprint density at radius 3 is 2.44 bits per heavy atom. The SMILES string of the molecule is Cl.Cl.NCc1cncs1. The first kappa shape index (κ1) is 11.9. The van der Waals surface area contributed by atoms with E-state index in [1.807, 2.05) is 0 Å². The van der Waals surface area contributed by atoms with Gasteiger partial charge in [-0.05, 0) is 0 Å². The molecule has 1 aromatic rings. The van der Waals surface area contributed by atoms with E-state index in [1.54, 1.807) is 23.0 Å². The second kappa shape index (κ2) is 6.29. The second-order valence-corrected chi connectivity index (χ2v) is 2.14. The summed E-state index contributed by atoms with van der Waals surface area (Å²) in [6.45, 7) is 0.616. The summed E-state index contributed by atoms with van der Waals surface area (Å²) in [6.07, 6.45) is 1.78. The van der Waals surface area contributed by atoms with Gasteiger partial charge >= 0.3 is 0 Å². The lowest BCUT2D eigenvalue weighted by molar-refractivity contribution is 1.10. The molecule has 1 heterocycles. The Hall–Kier alpha value is 0.170. The minimum atomic E-state index is 0. The van der Waals surface area contributed by atoms with Crippen LogP contribution in [-0.2, 0) is 6.54 Å². The number of nitrogens with two attached hydrogens (primary N) is 1. The molecule has 0 spiro atoms. The van der Waals surface area contributed by atoms with Crippen LogP contribution in [0.3, 0.4) is 0 Å². The van der Waals surface area contributed by atoms with Gasteiger partial charge in [-0.1, -0.05) is 0 Å². The lowest BCUT2D eigenvalue weighted by Gasteiger charge is -1.77. The molecule has 0 aliphatic rings. The predicted octanol–water partition coefficient (Wildman–Crippen LogP) is 1.45. The average Bonchev–Trinajstić information content (AvgIpc) is 2.14. The summed E-state index contributed by atoms with van der Waals surface area (Å²) in [7, 11) is 0. The van der Waals surface area contributed by atoms with Crippen LogP contribution in [-0.4, -0.2) is 4.98 Å². The summed E-state index contributed by atoms with van der Waals surface area (Å²) in [5.41, 5.74) is 7.04. The summed E-state index contributed by atoms with van der Waals surface area (Å²) in [6, 6.07) is 0. The topological polar surface area (TPSA) is 38.9 Å². The van der Waals surface area contributed by atoms with Crippen molar-refractivity contribution in [2.75, 3.05) is 0 Å². The molecule has 0 unspecified atom stereocenters. The molecule has 1 rings (SSSR count). The highest BCUT2D eigenvalue weighted by Gasteiger charge is 1.84. The number of rotatable bonds is 1. The Bertz CT molecular complexity index is 131. The number of nitrogens with zero attached hydrogens (tertiary/aromatic N) is 1. The number of hydrogen-bond acceptors (Lipinski definition) is 3. The highest BCUT2D eigenvalue weighted by molar-refractivity contribution is 7.09. The van der Waals surface area contributed by atoms with Gasteiger partial charge in [0.2, 0.25) is 0 Å². The third-order valence-electron chi connectivity index (χ3n) is 0.685. The molecule has 0 aliphatic carbocycles. The van der Waals surface area contributed by atoms with Crippen LogP contribution in [0, 0.1) is 0 Å². The van der Waals surface area contributed by atoms with Crippen molar-refractivity contribution in [3.8, 4) is 0 Å². The predicted molar refractivity (Wildman–Crippen MR) is 44.5 cm³/mol. The summed E-state index contributed by atoms with van der Waals surface area (Å²) < 4.78 is 0. The molecular weight excluding hydrogens is 179 g/mol. The van der Waals surface area contributed by atoms with Crippen LogP contribution in [0.5, 0.6) is 0 Å². The zero-order valence-electron chi connectivity index (χ0n) is 4.61. The van der Waals surface area contributed by atoms with Crippen LogP contribution in [0.4, 0.5) is 0 Å². The van der Waals surface area contributed by atoms with Crippen molar-refractivity contribution in [3.63, 3.8) is 0 Å². The molecule has 0 bridgehead atoms. The standard InChI is InChI=1S/C4H6N2S.2ClH/c5-1-4-2-6-3-7-4;;/h2-3H,1,5H2;2*1H. The lowest BCUT2D eigenvalue weighted by atomic mass is 10.6. The fraction of sp³-hybridized carbons (Fsp3) is 0.250. The van der Waals surface area contributed by atoms with Gasteiger partial charge in [-0.3, -0.25) is 4.98 Å². The van der Waals surface area contributed by atoms with Crippen molar-refractivity contribution < 1.29 is 0 Å². The maximum Gasteiger partial charge on any atom is 0.0794 e.